The summed E-state index contributed by atoms with van der Waals surface area (Å²) in [6.45, 7) is 6.89. The first-order chi connectivity index (χ1) is 17.0. The summed E-state index contributed by atoms with van der Waals surface area (Å²) >= 11 is 1.39. The maximum atomic E-state index is 13.2. The van der Waals surface area contributed by atoms with Crippen LogP contribution in [0.5, 0.6) is 17.2 Å². The fourth-order valence-electron chi connectivity index (χ4n) is 4.38. The first kappa shape index (κ1) is 23.0. The van der Waals surface area contributed by atoms with E-state index in [1.807, 2.05) is 73.9 Å². The van der Waals surface area contributed by atoms with Crippen LogP contribution in [-0.4, -0.2) is 44.8 Å². The molecule has 0 amide bonds. The number of para-hydroxylation sites is 1. The minimum atomic E-state index is 0.0413. The van der Waals surface area contributed by atoms with Crippen LogP contribution in [0.15, 0.2) is 53.7 Å². The maximum Gasteiger partial charge on any atom is 0.231 e. The highest BCUT2D eigenvalue weighted by Gasteiger charge is 2.21. The van der Waals surface area contributed by atoms with Gasteiger partial charge in [-0.25, -0.2) is 0 Å². The Bertz CT molecular complexity index is 1410. The number of hydrogen-bond donors (Lipinski definition) is 0. The molecule has 3 heterocycles. The van der Waals surface area contributed by atoms with Gasteiger partial charge >= 0.3 is 0 Å². The number of aromatic nitrogens is 4. The molecule has 0 fully saturated rings. The largest absolute Gasteiger partial charge is 0.496 e. The Morgan fingerprint density at radius 1 is 1.09 bits per heavy atom. The highest BCUT2D eigenvalue weighted by molar-refractivity contribution is 7.99. The van der Waals surface area contributed by atoms with Gasteiger partial charge in [0.05, 0.1) is 18.4 Å². The molecule has 0 radical (unpaired) electrons. The minimum absolute atomic E-state index is 0.0413. The van der Waals surface area contributed by atoms with Crippen molar-refractivity contribution >= 4 is 17.5 Å². The van der Waals surface area contributed by atoms with Gasteiger partial charge in [0, 0.05) is 35.2 Å². The SMILES string of the molecule is CCn1c(SCC(=O)c2cc(C)n(-c3ccc4c(c3)OCO4)c2C)nnc1-c1ccccc1OC. The van der Waals surface area contributed by atoms with Gasteiger partial charge in [0.1, 0.15) is 5.75 Å². The topological polar surface area (TPSA) is 80.4 Å². The monoisotopic (exact) mass is 490 g/mol. The van der Waals surface area contributed by atoms with E-state index in [1.165, 1.54) is 11.8 Å². The van der Waals surface area contributed by atoms with Crippen LogP contribution >= 0.6 is 11.8 Å². The van der Waals surface area contributed by atoms with Crippen LogP contribution in [0.4, 0.5) is 0 Å². The zero-order valence-corrected chi connectivity index (χ0v) is 20.9. The molecule has 9 heteroatoms. The van der Waals surface area contributed by atoms with E-state index in [1.54, 1.807) is 7.11 Å². The lowest BCUT2D eigenvalue weighted by molar-refractivity contribution is 0.102. The molecule has 180 valence electrons. The van der Waals surface area contributed by atoms with Crippen molar-refractivity contribution in [1.29, 1.82) is 0 Å². The quantitative estimate of drug-likeness (QED) is 0.252. The summed E-state index contributed by atoms with van der Waals surface area (Å²) in [4.78, 5) is 13.2. The molecule has 35 heavy (non-hydrogen) atoms. The summed E-state index contributed by atoms with van der Waals surface area (Å²) in [6.07, 6.45) is 0. The molecular weight excluding hydrogens is 464 g/mol. The molecular formula is C26H26N4O4S. The van der Waals surface area contributed by atoms with Crippen LogP contribution < -0.4 is 14.2 Å². The normalized spacial score (nSPS) is 12.2. The summed E-state index contributed by atoms with van der Waals surface area (Å²) in [5, 5.41) is 9.46. The van der Waals surface area contributed by atoms with Gasteiger partial charge in [-0.15, -0.1) is 10.2 Å². The van der Waals surface area contributed by atoms with Crippen LogP contribution in [0.25, 0.3) is 17.1 Å². The van der Waals surface area contributed by atoms with Crippen LogP contribution in [0.2, 0.25) is 0 Å². The van der Waals surface area contributed by atoms with E-state index in [2.05, 4.69) is 14.8 Å². The zero-order chi connectivity index (χ0) is 24.5. The van der Waals surface area contributed by atoms with Crippen molar-refractivity contribution in [3.05, 3.63) is 65.5 Å². The highest BCUT2D eigenvalue weighted by atomic mass is 32.2. The van der Waals surface area contributed by atoms with E-state index in [4.69, 9.17) is 14.2 Å². The van der Waals surface area contributed by atoms with Crippen molar-refractivity contribution in [1.82, 2.24) is 19.3 Å². The molecule has 0 saturated carbocycles. The van der Waals surface area contributed by atoms with Crippen LogP contribution in [-0.2, 0) is 6.54 Å². The molecule has 1 aliphatic rings. The molecule has 0 aliphatic carbocycles. The van der Waals surface area contributed by atoms with Crippen LogP contribution in [0.3, 0.4) is 0 Å². The predicted octanol–water partition coefficient (Wildman–Crippen LogP) is 5.08. The Hall–Kier alpha value is -3.72. The number of fused-ring (bicyclic) bond motifs is 1. The van der Waals surface area contributed by atoms with E-state index in [9.17, 15) is 4.79 Å². The number of methoxy groups -OCH3 is 1. The summed E-state index contributed by atoms with van der Waals surface area (Å²) in [5.74, 6) is 3.20. The molecule has 4 aromatic rings. The van der Waals surface area contributed by atoms with E-state index in [-0.39, 0.29) is 18.3 Å². The number of aryl methyl sites for hydroxylation is 1. The highest BCUT2D eigenvalue weighted by Crippen LogP contribution is 2.35. The van der Waals surface area contributed by atoms with Gasteiger partial charge in [0.2, 0.25) is 6.79 Å². The maximum absolute atomic E-state index is 13.2. The predicted molar refractivity (Wildman–Crippen MR) is 134 cm³/mol. The zero-order valence-electron chi connectivity index (χ0n) is 20.1. The Labute approximate surface area is 207 Å². The third kappa shape index (κ3) is 4.16. The molecule has 0 saturated heterocycles. The van der Waals surface area contributed by atoms with Gasteiger partial charge in [-0.2, -0.15) is 0 Å². The second-order valence-corrected chi connectivity index (χ2v) is 9.06. The number of Topliss-reactive ketones (excluding diaryl/α,β-unsaturated/α-hetero) is 1. The first-order valence-corrected chi connectivity index (χ1v) is 12.3. The van der Waals surface area contributed by atoms with Crippen LogP contribution in [0.1, 0.15) is 28.7 Å². The number of rotatable bonds is 8. The summed E-state index contributed by atoms with van der Waals surface area (Å²) in [7, 11) is 1.64. The third-order valence-electron chi connectivity index (χ3n) is 6.06. The van der Waals surface area contributed by atoms with Crippen molar-refractivity contribution < 1.29 is 19.0 Å². The second kappa shape index (κ2) is 9.50. The van der Waals surface area contributed by atoms with E-state index >= 15 is 0 Å². The molecule has 0 N–H and O–H groups in total. The Morgan fingerprint density at radius 3 is 2.69 bits per heavy atom. The summed E-state index contributed by atoms with van der Waals surface area (Å²) < 4.78 is 20.5. The van der Waals surface area contributed by atoms with E-state index < -0.39 is 0 Å². The number of carbonyl (C=O) groups is 1. The van der Waals surface area contributed by atoms with E-state index in [0.717, 1.165) is 40.0 Å². The van der Waals surface area contributed by atoms with Crippen molar-refractivity contribution in [3.63, 3.8) is 0 Å². The standard InChI is InChI=1S/C26H26N4O4S/c1-5-29-25(19-8-6-7-9-22(19)32-4)27-28-26(29)35-14-21(31)20-12-16(2)30(17(20)3)18-10-11-23-24(13-18)34-15-33-23/h6-13H,5,14-15H2,1-4H3. The molecule has 0 atom stereocenters. The first-order valence-electron chi connectivity index (χ1n) is 11.3. The number of benzene rings is 2. The molecule has 5 rings (SSSR count). The average Bonchev–Trinajstić information content (AvgIpc) is 3.58. The molecule has 0 bridgehead atoms. The Morgan fingerprint density at radius 2 is 1.89 bits per heavy atom. The third-order valence-corrected chi connectivity index (χ3v) is 7.03. The van der Waals surface area contributed by atoms with Gasteiger partial charge in [-0.3, -0.25) is 4.79 Å². The second-order valence-electron chi connectivity index (χ2n) is 8.12. The van der Waals surface area contributed by atoms with Gasteiger partial charge in [-0.1, -0.05) is 23.9 Å². The van der Waals surface area contributed by atoms with Gasteiger partial charge < -0.3 is 23.3 Å². The van der Waals surface area contributed by atoms with E-state index in [0.29, 0.717) is 23.0 Å². The van der Waals surface area contributed by atoms with Crippen molar-refractivity contribution in [2.24, 2.45) is 0 Å². The Kier molecular flexibility index (Phi) is 6.25. The molecule has 2 aromatic heterocycles. The average molecular weight is 491 g/mol. The number of hydrogen-bond acceptors (Lipinski definition) is 7. The van der Waals surface area contributed by atoms with Gasteiger partial charge in [-0.05, 0) is 51.1 Å². The van der Waals surface area contributed by atoms with Crippen molar-refractivity contribution in [2.75, 3.05) is 19.7 Å². The lowest BCUT2D eigenvalue weighted by Gasteiger charge is -2.11. The number of ketones is 1. The molecule has 8 nitrogen and oxygen atoms in total. The fraction of sp³-hybridized carbons (Fsp3) is 0.269. The lowest BCUT2D eigenvalue weighted by Crippen LogP contribution is -2.07. The molecule has 2 aromatic carbocycles. The summed E-state index contributed by atoms with van der Waals surface area (Å²) in [6, 6.07) is 15.5. The number of ether oxygens (including phenoxy) is 3. The smallest absolute Gasteiger partial charge is 0.231 e. The van der Waals surface area contributed by atoms with Crippen LogP contribution in [0, 0.1) is 13.8 Å². The summed E-state index contributed by atoms with van der Waals surface area (Å²) in [5.41, 5.74) is 4.36. The minimum Gasteiger partial charge on any atom is -0.496 e. The molecule has 1 aliphatic heterocycles. The lowest BCUT2D eigenvalue weighted by atomic mass is 10.2. The van der Waals surface area contributed by atoms with Gasteiger partial charge in [0.15, 0.2) is 28.3 Å². The van der Waals surface area contributed by atoms with Crippen molar-refractivity contribution in [3.8, 4) is 34.3 Å². The molecule has 0 unspecified atom stereocenters. The number of thioether (sulfide) groups is 1. The fourth-order valence-corrected chi connectivity index (χ4v) is 5.27. The number of carbonyl (C=O) groups excluding carboxylic acids is 1. The Balaban J connectivity index is 1.37. The number of nitrogens with zero attached hydrogens (tertiary/aromatic N) is 4. The van der Waals surface area contributed by atoms with Crippen molar-refractivity contribution in [2.45, 2.75) is 32.5 Å². The van der Waals surface area contributed by atoms with Gasteiger partial charge in [0.25, 0.3) is 0 Å². The molecule has 0 spiro atoms.